The van der Waals surface area contributed by atoms with Crippen molar-refractivity contribution in [2.45, 2.75) is 45.6 Å². The van der Waals surface area contributed by atoms with E-state index in [9.17, 15) is 4.79 Å². The van der Waals surface area contributed by atoms with Gasteiger partial charge in [0.05, 0.1) is 12.2 Å². The first-order valence-corrected chi connectivity index (χ1v) is 8.02. The molecule has 0 fully saturated rings. The van der Waals surface area contributed by atoms with Crippen molar-refractivity contribution < 1.29 is 4.79 Å². The van der Waals surface area contributed by atoms with Crippen molar-refractivity contribution in [3.63, 3.8) is 0 Å². The van der Waals surface area contributed by atoms with Gasteiger partial charge in [0.25, 0.3) is 0 Å². The van der Waals surface area contributed by atoms with Gasteiger partial charge >= 0.3 is 0 Å². The van der Waals surface area contributed by atoms with Gasteiger partial charge < -0.3 is 11.1 Å². The molecule has 5 heteroatoms. The number of nitrogens with two attached hydrogens (primary N) is 1. The Balaban J connectivity index is 2.24. The van der Waals surface area contributed by atoms with Crippen LogP contribution in [0, 0.1) is 0 Å². The van der Waals surface area contributed by atoms with Crippen LogP contribution in [0.1, 0.15) is 44.9 Å². The second kappa shape index (κ2) is 7.42. The lowest BCUT2D eigenvalue weighted by Crippen LogP contribution is -2.17. The maximum Gasteiger partial charge on any atom is 0.225 e. The largest absolute Gasteiger partial charge is 0.330 e. The van der Waals surface area contributed by atoms with Gasteiger partial charge in [-0.1, -0.05) is 51.1 Å². The maximum absolute atomic E-state index is 12.0. The van der Waals surface area contributed by atoms with Gasteiger partial charge in [-0.2, -0.15) is 5.10 Å². The fourth-order valence-corrected chi connectivity index (χ4v) is 2.23. The summed E-state index contributed by atoms with van der Waals surface area (Å²) in [6, 6.07) is 12.1. The number of aromatic nitrogens is 2. The number of anilines is 1. The zero-order valence-corrected chi connectivity index (χ0v) is 14.2. The summed E-state index contributed by atoms with van der Waals surface area (Å²) in [4.78, 5) is 12.0. The van der Waals surface area contributed by atoms with E-state index in [2.05, 4.69) is 43.3 Å². The Morgan fingerprint density at radius 2 is 1.96 bits per heavy atom. The molecule has 0 radical (unpaired) electrons. The van der Waals surface area contributed by atoms with Crippen LogP contribution >= 0.6 is 0 Å². The van der Waals surface area contributed by atoms with Crippen molar-refractivity contribution in [1.82, 2.24) is 9.78 Å². The van der Waals surface area contributed by atoms with Gasteiger partial charge in [0.15, 0.2) is 0 Å². The first kappa shape index (κ1) is 17.2. The van der Waals surface area contributed by atoms with Crippen molar-refractivity contribution in [3.05, 3.63) is 47.7 Å². The molecule has 2 aromatic rings. The Kier molecular flexibility index (Phi) is 5.55. The molecule has 0 saturated heterocycles. The number of benzene rings is 1. The molecule has 5 nitrogen and oxygen atoms in total. The highest BCUT2D eigenvalue weighted by Crippen LogP contribution is 2.24. The summed E-state index contributed by atoms with van der Waals surface area (Å²) < 4.78 is 1.86. The van der Waals surface area contributed by atoms with Crippen molar-refractivity contribution in [2.75, 3.05) is 11.9 Å². The Hall–Kier alpha value is -2.14. The maximum atomic E-state index is 12.0. The minimum Gasteiger partial charge on any atom is -0.330 e. The monoisotopic (exact) mass is 314 g/mol. The lowest BCUT2D eigenvalue weighted by Gasteiger charge is -2.14. The number of hydrogen-bond acceptors (Lipinski definition) is 3. The van der Waals surface area contributed by atoms with E-state index < -0.39 is 0 Å². The highest BCUT2D eigenvalue weighted by atomic mass is 16.1. The molecular weight excluding hydrogens is 288 g/mol. The van der Waals surface area contributed by atoms with Crippen LogP contribution in [0.15, 0.2) is 36.4 Å². The van der Waals surface area contributed by atoms with Crippen molar-refractivity contribution >= 4 is 11.7 Å². The van der Waals surface area contributed by atoms with Crippen LogP contribution < -0.4 is 11.1 Å². The molecule has 0 aliphatic heterocycles. The average Bonchev–Trinajstić information content (AvgIpc) is 2.89. The molecule has 0 unspecified atom stereocenters. The van der Waals surface area contributed by atoms with Gasteiger partial charge in [0.2, 0.25) is 5.91 Å². The van der Waals surface area contributed by atoms with Gasteiger partial charge in [-0.3, -0.25) is 4.79 Å². The van der Waals surface area contributed by atoms with E-state index in [4.69, 9.17) is 5.73 Å². The van der Waals surface area contributed by atoms with Crippen LogP contribution in [0.25, 0.3) is 0 Å². The van der Waals surface area contributed by atoms with Crippen LogP contribution in [0.5, 0.6) is 0 Å². The number of amides is 1. The molecule has 0 saturated carbocycles. The van der Waals surface area contributed by atoms with E-state index in [0.717, 1.165) is 17.1 Å². The second-order valence-electron chi connectivity index (χ2n) is 6.75. The van der Waals surface area contributed by atoms with E-state index in [0.29, 0.717) is 25.9 Å². The van der Waals surface area contributed by atoms with Crippen LogP contribution in [-0.4, -0.2) is 22.2 Å². The molecule has 1 aromatic heterocycles. The van der Waals surface area contributed by atoms with Crippen molar-refractivity contribution in [3.8, 4) is 0 Å². The van der Waals surface area contributed by atoms with Crippen LogP contribution in [-0.2, 0) is 16.8 Å². The number of carbonyl (C=O) groups is 1. The second-order valence-corrected chi connectivity index (χ2v) is 6.75. The van der Waals surface area contributed by atoms with Crippen LogP contribution in [0.2, 0.25) is 0 Å². The lowest BCUT2D eigenvalue weighted by atomic mass is 9.92. The molecule has 2 rings (SSSR count). The Morgan fingerprint density at radius 1 is 1.26 bits per heavy atom. The summed E-state index contributed by atoms with van der Waals surface area (Å²) in [5.41, 5.74) is 7.50. The molecule has 0 bridgehead atoms. The van der Waals surface area contributed by atoms with Crippen LogP contribution in [0.4, 0.5) is 5.82 Å². The molecule has 3 N–H and O–H groups in total. The topological polar surface area (TPSA) is 72.9 Å². The van der Waals surface area contributed by atoms with Gasteiger partial charge in [-0.05, 0) is 18.5 Å². The predicted molar refractivity (Wildman–Crippen MR) is 93.4 cm³/mol. The average molecular weight is 314 g/mol. The Bertz CT molecular complexity index is 641. The van der Waals surface area contributed by atoms with E-state index in [1.165, 1.54) is 0 Å². The summed E-state index contributed by atoms with van der Waals surface area (Å²) >= 11 is 0. The first-order chi connectivity index (χ1) is 10.9. The molecule has 124 valence electrons. The molecule has 0 aliphatic rings. The summed E-state index contributed by atoms with van der Waals surface area (Å²) in [5, 5.41) is 7.65. The number of nitrogens with one attached hydrogen (secondary N) is 1. The zero-order valence-electron chi connectivity index (χ0n) is 14.2. The Labute approximate surface area is 137 Å². The number of nitrogens with zero attached hydrogens (tertiary/aromatic N) is 2. The third-order valence-corrected chi connectivity index (χ3v) is 3.60. The van der Waals surface area contributed by atoms with E-state index in [-0.39, 0.29) is 11.3 Å². The molecule has 1 aromatic carbocycles. The predicted octanol–water partition coefficient (Wildman–Crippen LogP) is 2.91. The van der Waals surface area contributed by atoms with Crippen molar-refractivity contribution in [2.24, 2.45) is 5.73 Å². The molecule has 0 spiro atoms. The summed E-state index contributed by atoms with van der Waals surface area (Å²) in [7, 11) is 0. The fourth-order valence-electron chi connectivity index (χ4n) is 2.23. The molecule has 0 atom stereocenters. The van der Waals surface area contributed by atoms with E-state index >= 15 is 0 Å². The van der Waals surface area contributed by atoms with Crippen LogP contribution in [0.3, 0.4) is 0 Å². The smallest absolute Gasteiger partial charge is 0.225 e. The standard InChI is InChI=1S/C18H26N4O/c1-18(2,3)15-12-16(20-17(23)10-7-11-19)22(21-15)13-14-8-5-4-6-9-14/h4-6,8-9,12H,7,10-11,13,19H2,1-3H3,(H,20,23). The quantitative estimate of drug-likeness (QED) is 0.861. The first-order valence-electron chi connectivity index (χ1n) is 8.02. The summed E-state index contributed by atoms with van der Waals surface area (Å²) in [5.74, 6) is 0.714. The number of hydrogen-bond donors (Lipinski definition) is 2. The molecule has 23 heavy (non-hydrogen) atoms. The van der Waals surface area contributed by atoms with Gasteiger partial charge in [0, 0.05) is 17.9 Å². The summed E-state index contributed by atoms with van der Waals surface area (Å²) in [6.45, 7) is 7.49. The third kappa shape index (κ3) is 4.93. The fraction of sp³-hybridized carbons (Fsp3) is 0.444. The van der Waals surface area contributed by atoms with E-state index in [1.807, 2.05) is 28.9 Å². The number of rotatable bonds is 6. The molecule has 1 amide bonds. The molecule has 0 aliphatic carbocycles. The Morgan fingerprint density at radius 3 is 2.57 bits per heavy atom. The lowest BCUT2D eigenvalue weighted by molar-refractivity contribution is -0.116. The minimum absolute atomic E-state index is 0.0230. The van der Waals surface area contributed by atoms with Gasteiger partial charge in [0.1, 0.15) is 5.82 Å². The molecular formula is C18H26N4O. The molecule has 1 heterocycles. The van der Waals surface area contributed by atoms with E-state index in [1.54, 1.807) is 0 Å². The highest BCUT2D eigenvalue weighted by molar-refractivity contribution is 5.89. The van der Waals surface area contributed by atoms with Gasteiger partial charge in [-0.25, -0.2) is 4.68 Å². The normalized spacial score (nSPS) is 11.5. The summed E-state index contributed by atoms with van der Waals surface area (Å²) in [6.07, 6.45) is 1.11. The highest BCUT2D eigenvalue weighted by Gasteiger charge is 2.20. The third-order valence-electron chi connectivity index (χ3n) is 3.60. The van der Waals surface area contributed by atoms with Crippen molar-refractivity contribution in [1.29, 1.82) is 0 Å². The SMILES string of the molecule is CC(C)(C)c1cc(NC(=O)CCCN)n(Cc2ccccc2)n1. The van der Waals surface area contributed by atoms with Gasteiger partial charge in [-0.15, -0.1) is 0 Å². The zero-order chi connectivity index (χ0) is 16.9. The minimum atomic E-state index is -0.0708. The number of carbonyl (C=O) groups excluding carboxylic acids is 1.